The van der Waals surface area contributed by atoms with Crippen molar-refractivity contribution >= 4 is 23.0 Å². The van der Waals surface area contributed by atoms with Crippen molar-refractivity contribution in [3.8, 4) is 0 Å². The first-order valence-electron chi connectivity index (χ1n) is 9.73. The summed E-state index contributed by atoms with van der Waals surface area (Å²) in [4.78, 5) is 15.4. The van der Waals surface area contributed by atoms with Gasteiger partial charge in [-0.1, -0.05) is 30.3 Å². The second kappa shape index (κ2) is 8.34. The highest BCUT2D eigenvalue weighted by molar-refractivity contribution is 5.75. The highest BCUT2D eigenvalue weighted by Gasteiger charge is 2.22. The van der Waals surface area contributed by atoms with Gasteiger partial charge in [0.2, 0.25) is 0 Å². The van der Waals surface area contributed by atoms with Crippen LogP contribution in [-0.4, -0.2) is 43.2 Å². The lowest BCUT2D eigenvalue weighted by Gasteiger charge is -2.37. The molecular weight excluding hydrogens is 367 g/mol. The van der Waals surface area contributed by atoms with Crippen LogP contribution in [0.15, 0.2) is 60.9 Å². The molecule has 2 aromatic carbocycles. The molecule has 4 rings (SSSR count). The predicted molar refractivity (Wildman–Crippen MR) is 116 cm³/mol. The molecule has 150 valence electrons. The summed E-state index contributed by atoms with van der Waals surface area (Å²) in [6.07, 6.45) is 1.58. The van der Waals surface area contributed by atoms with Crippen LogP contribution >= 0.6 is 0 Å². The molecule has 0 atom stereocenters. The number of piperazine rings is 1. The molecule has 6 nitrogen and oxygen atoms in total. The minimum atomic E-state index is -0.215. The number of aromatic nitrogens is 2. The smallest absolute Gasteiger partial charge is 0.157 e. The highest BCUT2D eigenvalue weighted by Crippen LogP contribution is 2.30. The average Bonchev–Trinajstić information content (AvgIpc) is 2.75. The molecule has 1 aromatic heterocycles. The molecule has 1 aliphatic heterocycles. The van der Waals surface area contributed by atoms with Crippen molar-refractivity contribution in [2.24, 2.45) is 0 Å². The molecule has 7 heteroatoms. The van der Waals surface area contributed by atoms with Crippen molar-refractivity contribution in [2.75, 3.05) is 53.7 Å². The molecule has 0 bridgehead atoms. The summed E-state index contributed by atoms with van der Waals surface area (Å²) >= 11 is 0. The Balaban J connectivity index is 1.45. The fourth-order valence-electron chi connectivity index (χ4n) is 3.69. The van der Waals surface area contributed by atoms with Gasteiger partial charge >= 0.3 is 0 Å². The Morgan fingerprint density at radius 2 is 1.59 bits per heavy atom. The van der Waals surface area contributed by atoms with Crippen LogP contribution in [0.5, 0.6) is 0 Å². The van der Waals surface area contributed by atoms with Crippen LogP contribution in [0.1, 0.15) is 5.56 Å². The molecule has 29 heavy (non-hydrogen) atoms. The zero-order valence-corrected chi connectivity index (χ0v) is 16.5. The van der Waals surface area contributed by atoms with E-state index in [9.17, 15) is 4.39 Å². The number of nitrogens with zero attached hydrogens (tertiary/aromatic N) is 5. The molecule has 2 heterocycles. The third-order valence-electron chi connectivity index (χ3n) is 5.24. The Morgan fingerprint density at radius 1 is 0.931 bits per heavy atom. The molecule has 0 aliphatic carbocycles. The number of hydrogen-bond donors (Lipinski definition) is 1. The fourth-order valence-corrected chi connectivity index (χ4v) is 3.69. The summed E-state index contributed by atoms with van der Waals surface area (Å²) in [5.74, 6) is 1.29. The normalized spacial score (nSPS) is 14.1. The van der Waals surface area contributed by atoms with E-state index in [2.05, 4.69) is 31.9 Å². The molecule has 1 fully saturated rings. The number of benzene rings is 2. The van der Waals surface area contributed by atoms with Crippen molar-refractivity contribution in [3.63, 3.8) is 0 Å². The highest BCUT2D eigenvalue weighted by atomic mass is 19.1. The van der Waals surface area contributed by atoms with Crippen LogP contribution in [0, 0.1) is 5.82 Å². The lowest BCUT2D eigenvalue weighted by Crippen LogP contribution is -2.47. The molecule has 0 spiro atoms. The van der Waals surface area contributed by atoms with Gasteiger partial charge in [-0.2, -0.15) is 0 Å². The summed E-state index contributed by atoms with van der Waals surface area (Å²) in [6.45, 7) is 3.95. The summed E-state index contributed by atoms with van der Waals surface area (Å²) in [6, 6.07) is 16.9. The van der Waals surface area contributed by atoms with Gasteiger partial charge in [-0.05, 0) is 29.8 Å². The van der Waals surface area contributed by atoms with Crippen molar-refractivity contribution < 1.29 is 4.39 Å². The third kappa shape index (κ3) is 4.23. The maximum atomic E-state index is 13.2. The number of halogens is 1. The van der Waals surface area contributed by atoms with E-state index in [0.29, 0.717) is 5.69 Å². The predicted octanol–water partition coefficient (Wildman–Crippen LogP) is 3.16. The molecule has 1 aliphatic rings. The topological polar surface area (TPSA) is 61.5 Å². The minimum absolute atomic E-state index is 0.215. The van der Waals surface area contributed by atoms with Crippen LogP contribution in [0.3, 0.4) is 0 Å². The van der Waals surface area contributed by atoms with Crippen LogP contribution < -0.4 is 20.4 Å². The van der Waals surface area contributed by atoms with Crippen molar-refractivity contribution in [2.45, 2.75) is 6.54 Å². The second-order valence-corrected chi connectivity index (χ2v) is 7.23. The second-order valence-electron chi connectivity index (χ2n) is 7.23. The van der Waals surface area contributed by atoms with Crippen molar-refractivity contribution in [3.05, 3.63) is 72.3 Å². The van der Waals surface area contributed by atoms with E-state index in [0.717, 1.165) is 50.0 Å². The zero-order chi connectivity index (χ0) is 20.2. The average molecular weight is 392 g/mol. The first-order valence-corrected chi connectivity index (χ1v) is 9.73. The summed E-state index contributed by atoms with van der Waals surface area (Å²) in [5, 5.41) is 0. The molecule has 2 N–H and O–H groups in total. The van der Waals surface area contributed by atoms with Gasteiger partial charge in [0.1, 0.15) is 17.8 Å². The maximum absolute atomic E-state index is 13.2. The van der Waals surface area contributed by atoms with Crippen LogP contribution in [-0.2, 0) is 6.54 Å². The first kappa shape index (κ1) is 19.0. The van der Waals surface area contributed by atoms with Gasteiger partial charge in [0.15, 0.2) is 11.6 Å². The van der Waals surface area contributed by atoms with Gasteiger partial charge in [0.25, 0.3) is 0 Å². The minimum Gasteiger partial charge on any atom is -0.393 e. The van der Waals surface area contributed by atoms with Gasteiger partial charge in [0.05, 0.1) is 0 Å². The monoisotopic (exact) mass is 392 g/mol. The molecule has 1 saturated heterocycles. The van der Waals surface area contributed by atoms with E-state index in [1.165, 1.54) is 17.7 Å². The van der Waals surface area contributed by atoms with Gasteiger partial charge in [-0.15, -0.1) is 0 Å². The molecule has 0 saturated carbocycles. The SMILES string of the molecule is CN(Cc1ccccc1)c1ncnc(N2CCN(c3ccc(F)cc3)CC2)c1N. The first-order chi connectivity index (χ1) is 14.1. The number of rotatable bonds is 5. The largest absolute Gasteiger partial charge is 0.393 e. The third-order valence-corrected chi connectivity index (χ3v) is 5.24. The van der Waals surface area contributed by atoms with Crippen LogP contribution in [0.25, 0.3) is 0 Å². The van der Waals surface area contributed by atoms with Gasteiger partial charge in [0, 0.05) is 45.5 Å². The number of anilines is 4. The van der Waals surface area contributed by atoms with Crippen molar-refractivity contribution in [1.29, 1.82) is 0 Å². The molecule has 0 amide bonds. The summed E-state index contributed by atoms with van der Waals surface area (Å²) < 4.78 is 13.2. The summed E-state index contributed by atoms with van der Waals surface area (Å²) in [5.41, 5.74) is 9.29. The maximum Gasteiger partial charge on any atom is 0.157 e. The lowest BCUT2D eigenvalue weighted by atomic mass is 10.2. The van der Waals surface area contributed by atoms with Gasteiger partial charge in [-0.3, -0.25) is 0 Å². The lowest BCUT2D eigenvalue weighted by molar-refractivity contribution is 0.624. The Labute approximate surface area is 170 Å². The Kier molecular flexibility index (Phi) is 5.46. The van der Waals surface area contributed by atoms with E-state index in [4.69, 9.17) is 5.73 Å². The quantitative estimate of drug-likeness (QED) is 0.720. The number of nitrogens with two attached hydrogens (primary N) is 1. The van der Waals surface area contributed by atoms with E-state index in [1.54, 1.807) is 6.33 Å². The van der Waals surface area contributed by atoms with Crippen molar-refractivity contribution in [1.82, 2.24) is 9.97 Å². The van der Waals surface area contributed by atoms with Crippen LogP contribution in [0.4, 0.5) is 27.4 Å². The zero-order valence-electron chi connectivity index (χ0n) is 16.5. The molecular formula is C22H25FN6. The number of nitrogen functional groups attached to an aromatic ring is 1. The summed E-state index contributed by atoms with van der Waals surface area (Å²) in [7, 11) is 1.99. The van der Waals surface area contributed by atoms with Gasteiger partial charge < -0.3 is 20.4 Å². The Morgan fingerprint density at radius 3 is 2.28 bits per heavy atom. The Hall–Kier alpha value is -3.35. The molecule has 0 radical (unpaired) electrons. The van der Waals surface area contributed by atoms with E-state index in [1.807, 2.05) is 42.3 Å². The van der Waals surface area contributed by atoms with E-state index >= 15 is 0 Å². The molecule has 0 unspecified atom stereocenters. The fraction of sp³-hybridized carbons (Fsp3) is 0.273. The number of hydrogen-bond acceptors (Lipinski definition) is 6. The van der Waals surface area contributed by atoms with Crippen LogP contribution in [0.2, 0.25) is 0 Å². The Bertz CT molecular complexity index is 939. The van der Waals surface area contributed by atoms with Gasteiger partial charge in [-0.25, -0.2) is 14.4 Å². The standard InChI is InChI=1S/C22H25FN6/c1-27(15-17-5-3-2-4-6-17)21-20(24)22(26-16-25-21)29-13-11-28(12-14-29)19-9-7-18(23)8-10-19/h2-10,16H,11-15,24H2,1H3. The van der Waals surface area contributed by atoms with E-state index in [-0.39, 0.29) is 5.82 Å². The molecule has 3 aromatic rings. The van der Waals surface area contributed by atoms with E-state index < -0.39 is 0 Å².